The van der Waals surface area contributed by atoms with E-state index in [0.29, 0.717) is 64.4 Å². The van der Waals surface area contributed by atoms with Crippen LogP contribution in [0.25, 0.3) is 0 Å². The third-order valence-corrected chi connectivity index (χ3v) is 6.77. The first-order valence-electron chi connectivity index (χ1n) is 11.2. The van der Waals surface area contributed by atoms with Crippen molar-refractivity contribution >= 4 is 39.8 Å². The van der Waals surface area contributed by atoms with Gasteiger partial charge in [0, 0.05) is 36.9 Å². The zero-order valence-corrected chi connectivity index (χ0v) is 20.5. The molecular weight excluding hydrogens is 468 g/mol. The number of ketones is 2. The SMILES string of the molecule is COc1ccc(CNc2ccc(C(=O)C3CCCc4nc(NC(C)=O)sc4C3=O)cn2)c(OC)c1. The maximum absolute atomic E-state index is 13.2. The summed E-state index contributed by atoms with van der Waals surface area (Å²) in [4.78, 5) is 46.9. The van der Waals surface area contributed by atoms with Gasteiger partial charge in [0.05, 0.1) is 30.7 Å². The number of pyridine rings is 1. The summed E-state index contributed by atoms with van der Waals surface area (Å²) in [6.45, 7) is 1.86. The minimum absolute atomic E-state index is 0.245. The molecule has 2 N–H and O–H groups in total. The molecule has 0 spiro atoms. The quantitative estimate of drug-likeness (QED) is 0.272. The number of hydrogen-bond donors (Lipinski definition) is 2. The zero-order valence-electron chi connectivity index (χ0n) is 19.7. The number of amides is 1. The Morgan fingerprint density at radius 3 is 2.69 bits per heavy atom. The number of anilines is 2. The lowest BCUT2D eigenvalue weighted by Crippen LogP contribution is -2.23. The van der Waals surface area contributed by atoms with Crippen LogP contribution < -0.4 is 20.1 Å². The van der Waals surface area contributed by atoms with Gasteiger partial charge >= 0.3 is 0 Å². The van der Waals surface area contributed by atoms with Gasteiger partial charge in [0.2, 0.25) is 5.91 Å². The molecule has 2 aromatic heterocycles. The number of nitrogens with one attached hydrogen (secondary N) is 2. The van der Waals surface area contributed by atoms with E-state index >= 15 is 0 Å². The fourth-order valence-corrected chi connectivity index (χ4v) is 5.01. The summed E-state index contributed by atoms with van der Waals surface area (Å²) in [5.74, 6) is 0.455. The van der Waals surface area contributed by atoms with Crippen LogP contribution in [-0.2, 0) is 17.8 Å². The fourth-order valence-electron chi connectivity index (χ4n) is 3.96. The largest absolute Gasteiger partial charge is 0.497 e. The van der Waals surface area contributed by atoms with Gasteiger partial charge in [-0.15, -0.1) is 0 Å². The van der Waals surface area contributed by atoms with Crippen LogP contribution in [-0.4, -0.2) is 41.7 Å². The molecule has 1 atom stereocenters. The number of carbonyl (C=O) groups is 3. The van der Waals surface area contributed by atoms with Crippen LogP contribution in [0, 0.1) is 5.92 Å². The van der Waals surface area contributed by atoms with Crippen molar-refractivity contribution in [1.82, 2.24) is 9.97 Å². The molecule has 1 unspecified atom stereocenters. The van der Waals surface area contributed by atoms with E-state index in [4.69, 9.17) is 9.47 Å². The number of ether oxygens (including phenoxy) is 2. The lowest BCUT2D eigenvalue weighted by Gasteiger charge is -2.13. The summed E-state index contributed by atoms with van der Waals surface area (Å²) >= 11 is 1.13. The van der Waals surface area contributed by atoms with Crippen LogP contribution in [0.1, 0.15) is 51.1 Å². The number of nitrogens with zero attached hydrogens (tertiary/aromatic N) is 2. The second-order valence-corrected chi connectivity index (χ2v) is 9.11. The summed E-state index contributed by atoms with van der Waals surface area (Å²) < 4.78 is 10.6. The van der Waals surface area contributed by atoms with Crippen molar-refractivity contribution in [2.75, 3.05) is 24.9 Å². The van der Waals surface area contributed by atoms with Gasteiger partial charge in [0.1, 0.15) is 17.3 Å². The third-order valence-electron chi connectivity index (χ3n) is 5.75. The molecule has 182 valence electrons. The molecule has 9 nitrogen and oxygen atoms in total. The lowest BCUT2D eigenvalue weighted by atomic mass is 9.91. The second kappa shape index (κ2) is 10.6. The first kappa shape index (κ1) is 24.3. The van der Waals surface area contributed by atoms with Gasteiger partial charge in [-0.2, -0.15) is 0 Å². The summed E-state index contributed by atoms with van der Waals surface area (Å²) in [6.07, 6.45) is 3.20. The van der Waals surface area contributed by atoms with Crippen LogP contribution in [0.5, 0.6) is 11.5 Å². The molecule has 1 aliphatic carbocycles. The number of benzene rings is 1. The highest BCUT2D eigenvalue weighted by atomic mass is 32.1. The van der Waals surface area contributed by atoms with Crippen LogP contribution in [0.2, 0.25) is 0 Å². The van der Waals surface area contributed by atoms with Crippen LogP contribution in [0.3, 0.4) is 0 Å². The monoisotopic (exact) mass is 494 g/mol. The Morgan fingerprint density at radius 2 is 2.00 bits per heavy atom. The number of hydrogen-bond acceptors (Lipinski definition) is 9. The van der Waals surface area contributed by atoms with E-state index in [0.717, 1.165) is 16.9 Å². The number of aryl methyl sites for hydroxylation is 1. The van der Waals surface area contributed by atoms with Gasteiger partial charge in [-0.3, -0.25) is 14.4 Å². The van der Waals surface area contributed by atoms with Gasteiger partial charge in [0.15, 0.2) is 16.7 Å². The molecule has 35 heavy (non-hydrogen) atoms. The molecule has 0 saturated carbocycles. The number of methoxy groups -OCH3 is 2. The number of carbonyl (C=O) groups excluding carboxylic acids is 3. The van der Waals surface area contributed by atoms with E-state index < -0.39 is 5.92 Å². The minimum Gasteiger partial charge on any atom is -0.497 e. The second-order valence-electron chi connectivity index (χ2n) is 8.11. The predicted octanol–water partition coefficient (Wildman–Crippen LogP) is 4.14. The summed E-state index contributed by atoms with van der Waals surface area (Å²) in [5, 5.41) is 6.22. The highest BCUT2D eigenvalue weighted by molar-refractivity contribution is 7.17. The smallest absolute Gasteiger partial charge is 0.223 e. The van der Waals surface area contributed by atoms with Gasteiger partial charge in [-0.1, -0.05) is 11.3 Å². The maximum atomic E-state index is 13.2. The summed E-state index contributed by atoms with van der Waals surface area (Å²) in [5.41, 5.74) is 1.95. The van der Waals surface area contributed by atoms with Gasteiger partial charge in [-0.25, -0.2) is 9.97 Å². The van der Waals surface area contributed by atoms with E-state index in [1.165, 1.54) is 13.1 Å². The van der Waals surface area contributed by atoms with E-state index in [9.17, 15) is 14.4 Å². The zero-order chi connectivity index (χ0) is 24.9. The molecule has 1 amide bonds. The number of fused-ring (bicyclic) bond motifs is 1. The minimum atomic E-state index is -0.786. The molecule has 4 rings (SSSR count). The lowest BCUT2D eigenvalue weighted by molar-refractivity contribution is -0.114. The normalized spacial score (nSPS) is 15.1. The van der Waals surface area contributed by atoms with Gasteiger partial charge in [0.25, 0.3) is 0 Å². The fraction of sp³-hybridized carbons (Fsp3) is 0.320. The first-order chi connectivity index (χ1) is 16.9. The average Bonchev–Trinajstić information content (AvgIpc) is 3.19. The Labute approximate surface area is 206 Å². The standard InChI is InChI=1S/C25H26N4O5S/c1-14(30)28-25-29-19-6-4-5-18(23(32)24(19)35-25)22(31)16-8-10-21(27-13-16)26-12-15-7-9-17(33-2)11-20(15)34-3/h7-11,13,18H,4-6,12H2,1-3H3,(H,26,27)(H,28,29,30). The summed E-state index contributed by atoms with van der Waals surface area (Å²) in [7, 11) is 3.20. The van der Waals surface area contributed by atoms with Crippen LogP contribution in [0.4, 0.5) is 10.9 Å². The molecular formula is C25H26N4O5S. The molecule has 0 fully saturated rings. The molecule has 0 bridgehead atoms. The molecule has 0 saturated heterocycles. The van der Waals surface area contributed by atoms with Gasteiger partial charge < -0.3 is 20.1 Å². The maximum Gasteiger partial charge on any atom is 0.223 e. The topological polar surface area (TPSA) is 120 Å². The van der Waals surface area contributed by atoms with Crippen molar-refractivity contribution < 1.29 is 23.9 Å². The Balaban J connectivity index is 1.44. The number of thiazole rings is 1. The van der Waals surface area contributed by atoms with E-state index in [1.54, 1.807) is 26.4 Å². The molecule has 2 heterocycles. The van der Waals surface area contributed by atoms with E-state index in [2.05, 4.69) is 20.6 Å². The molecule has 10 heteroatoms. The number of aromatic nitrogens is 2. The van der Waals surface area contributed by atoms with Crippen LogP contribution >= 0.6 is 11.3 Å². The van der Waals surface area contributed by atoms with Crippen molar-refractivity contribution in [3.8, 4) is 11.5 Å². The van der Waals surface area contributed by atoms with Crippen molar-refractivity contribution in [2.45, 2.75) is 32.7 Å². The number of Topliss-reactive ketones (excluding diaryl/α,β-unsaturated/α-hetero) is 2. The molecule has 1 aromatic carbocycles. The van der Waals surface area contributed by atoms with Crippen molar-refractivity contribution in [1.29, 1.82) is 0 Å². The van der Waals surface area contributed by atoms with E-state index in [1.807, 2.05) is 18.2 Å². The average molecular weight is 495 g/mol. The van der Waals surface area contributed by atoms with Gasteiger partial charge in [-0.05, 0) is 43.5 Å². The predicted molar refractivity (Wildman–Crippen MR) is 133 cm³/mol. The Hall–Kier alpha value is -3.79. The molecule has 1 aliphatic rings. The van der Waals surface area contributed by atoms with Crippen molar-refractivity contribution in [2.24, 2.45) is 5.92 Å². The van der Waals surface area contributed by atoms with Crippen molar-refractivity contribution in [3.05, 3.63) is 58.2 Å². The highest BCUT2D eigenvalue weighted by Crippen LogP contribution is 2.33. The summed E-state index contributed by atoms with van der Waals surface area (Å²) in [6, 6.07) is 8.97. The molecule has 0 aliphatic heterocycles. The Kier molecular flexibility index (Phi) is 7.40. The van der Waals surface area contributed by atoms with Crippen LogP contribution in [0.15, 0.2) is 36.5 Å². The molecule has 3 aromatic rings. The van der Waals surface area contributed by atoms with Crippen molar-refractivity contribution in [3.63, 3.8) is 0 Å². The Bertz CT molecular complexity index is 1260. The third kappa shape index (κ3) is 5.48. The first-order valence-corrected chi connectivity index (χ1v) is 12.0. The molecule has 0 radical (unpaired) electrons. The number of rotatable bonds is 8. The highest BCUT2D eigenvalue weighted by Gasteiger charge is 2.34. The Morgan fingerprint density at radius 1 is 1.17 bits per heavy atom. The van der Waals surface area contributed by atoms with E-state index in [-0.39, 0.29) is 17.5 Å².